The maximum absolute atomic E-state index is 11.1. The number of benzene rings is 2. The predicted octanol–water partition coefficient (Wildman–Crippen LogP) is 5.14. The van der Waals surface area contributed by atoms with Crippen LogP contribution in [0.4, 0.5) is 5.82 Å². The number of para-hydroxylation sites is 1. The van der Waals surface area contributed by atoms with Crippen LogP contribution in [0.5, 0.6) is 0 Å². The van der Waals surface area contributed by atoms with E-state index in [0.29, 0.717) is 22.4 Å². The SMILES string of the molecule is CN(C=O)c1cc2c3ccccc3n(Cc3cc(Cl)ccc3Cl)c2cn1. The van der Waals surface area contributed by atoms with Crippen molar-refractivity contribution in [2.45, 2.75) is 6.54 Å². The van der Waals surface area contributed by atoms with Crippen molar-refractivity contribution in [1.82, 2.24) is 9.55 Å². The number of nitrogens with zero attached hydrogens (tertiary/aromatic N) is 3. The molecule has 0 saturated carbocycles. The summed E-state index contributed by atoms with van der Waals surface area (Å²) in [6, 6.07) is 15.5. The van der Waals surface area contributed by atoms with Crippen molar-refractivity contribution in [3.63, 3.8) is 0 Å². The molecule has 4 rings (SSSR count). The standard InChI is InChI=1S/C20H15Cl2N3O/c1-24(12-26)20-9-16-15-4-2-3-5-18(15)25(19(16)10-23-20)11-13-8-14(21)6-7-17(13)22/h2-10,12H,11H2,1H3. The quantitative estimate of drug-likeness (QED) is 0.457. The maximum Gasteiger partial charge on any atom is 0.215 e. The monoisotopic (exact) mass is 383 g/mol. The topological polar surface area (TPSA) is 38.1 Å². The number of anilines is 1. The lowest BCUT2D eigenvalue weighted by molar-refractivity contribution is -0.107. The number of hydrogen-bond acceptors (Lipinski definition) is 2. The van der Waals surface area contributed by atoms with Gasteiger partial charge in [-0.25, -0.2) is 4.98 Å². The number of aromatic nitrogens is 2. The average molecular weight is 384 g/mol. The molecule has 0 atom stereocenters. The molecule has 0 radical (unpaired) electrons. The van der Waals surface area contributed by atoms with Crippen molar-refractivity contribution < 1.29 is 4.79 Å². The van der Waals surface area contributed by atoms with Crippen molar-refractivity contribution in [3.8, 4) is 0 Å². The Morgan fingerprint density at radius 1 is 1.08 bits per heavy atom. The van der Waals surface area contributed by atoms with Crippen molar-refractivity contribution in [3.05, 3.63) is 70.3 Å². The Bertz CT molecular complexity index is 1140. The van der Waals surface area contributed by atoms with Crippen molar-refractivity contribution in [2.75, 3.05) is 11.9 Å². The van der Waals surface area contributed by atoms with Gasteiger partial charge in [0.1, 0.15) is 5.82 Å². The summed E-state index contributed by atoms with van der Waals surface area (Å²) in [5, 5.41) is 3.46. The number of fused-ring (bicyclic) bond motifs is 3. The Balaban J connectivity index is 1.95. The number of amides is 1. The fourth-order valence-corrected chi connectivity index (χ4v) is 3.56. The van der Waals surface area contributed by atoms with Gasteiger partial charge in [-0.15, -0.1) is 0 Å². The zero-order valence-electron chi connectivity index (χ0n) is 14.0. The van der Waals surface area contributed by atoms with Crippen LogP contribution in [0.2, 0.25) is 10.0 Å². The summed E-state index contributed by atoms with van der Waals surface area (Å²) in [5.74, 6) is 0.608. The molecule has 0 fully saturated rings. The van der Waals surface area contributed by atoms with Crippen LogP contribution in [0.15, 0.2) is 54.7 Å². The molecule has 0 unspecified atom stereocenters. The molecule has 0 aliphatic rings. The third kappa shape index (κ3) is 2.81. The van der Waals surface area contributed by atoms with Crippen LogP contribution in [-0.2, 0) is 11.3 Å². The molecule has 0 saturated heterocycles. The molecule has 2 aromatic carbocycles. The lowest BCUT2D eigenvalue weighted by Crippen LogP contribution is -2.14. The van der Waals surface area contributed by atoms with E-state index in [2.05, 4.69) is 21.7 Å². The van der Waals surface area contributed by atoms with E-state index in [4.69, 9.17) is 23.2 Å². The molecule has 1 amide bonds. The minimum absolute atomic E-state index is 0.577. The third-order valence-electron chi connectivity index (χ3n) is 4.50. The van der Waals surface area contributed by atoms with E-state index in [-0.39, 0.29) is 0 Å². The summed E-state index contributed by atoms with van der Waals surface area (Å²) in [6.07, 6.45) is 2.54. The summed E-state index contributed by atoms with van der Waals surface area (Å²) in [6.45, 7) is 0.577. The summed E-state index contributed by atoms with van der Waals surface area (Å²) in [7, 11) is 1.69. The summed E-state index contributed by atoms with van der Waals surface area (Å²) in [4.78, 5) is 17.0. The van der Waals surface area contributed by atoms with Crippen LogP contribution in [0.1, 0.15) is 5.56 Å². The lowest BCUT2D eigenvalue weighted by atomic mass is 10.2. The van der Waals surface area contributed by atoms with Gasteiger partial charge in [0.25, 0.3) is 0 Å². The van der Waals surface area contributed by atoms with Gasteiger partial charge < -0.3 is 9.47 Å². The van der Waals surface area contributed by atoms with Crippen LogP contribution in [-0.4, -0.2) is 23.0 Å². The summed E-state index contributed by atoms with van der Waals surface area (Å²) in [5.41, 5.74) is 2.99. The smallest absolute Gasteiger partial charge is 0.215 e. The molecule has 0 aliphatic heterocycles. The Kier molecular flexibility index (Phi) is 4.31. The predicted molar refractivity (Wildman–Crippen MR) is 107 cm³/mol. The molecule has 4 aromatic rings. The van der Waals surface area contributed by atoms with Gasteiger partial charge in [-0.1, -0.05) is 41.4 Å². The molecule has 130 valence electrons. The molecule has 6 heteroatoms. The largest absolute Gasteiger partial charge is 0.335 e. The summed E-state index contributed by atoms with van der Waals surface area (Å²) < 4.78 is 2.17. The average Bonchev–Trinajstić information content (AvgIpc) is 2.97. The fourth-order valence-electron chi connectivity index (χ4n) is 3.19. The second kappa shape index (κ2) is 6.63. The van der Waals surface area contributed by atoms with Crippen molar-refractivity contribution in [1.29, 1.82) is 0 Å². The van der Waals surface area contributed by atoms with Crippen LogP contribution in [0, 0.1) is 0 Å². The fraction of sp³-hybridized carbons (Fsp3) is 0.100. The normalized spacial score (nSPS) is 11.2. The Morgan fingerprint density at radius 3 is 2.69 bits per heavy atom. The highest BCUT2D eigenvalue weighted by atomic mass is 35.5. The van der Waals surface area contributed by atoms with Gasteiger partial charge in [0.2, 0.25) is 6.41 Å². The van der Waals surface area contributed by atoms with Gasteiger partial charge in [0.05, 0.1) is 11.7 Å². The van der Waals surface area contributed by atoms with Gasteiger partial charge >= 0.3 is 0 Å². The highest BCUT2D eigenvalue weighted by molar-refractivity contribution is 6.33. The second-order valence-electron chi connectivity index (χ2n) is 6.11. The van der Waals surface area contributed by atoms with E-state index in [1.165, 1.54) is 4.90 Å². The van der Waals surface area contributed by atoms with Crippen molar-refractivity contribution in [2.24, 2.45) is 0 Å². The zero-order valence-corrected chi connectivity index (χ0v) is 15.5. The first kappa shape index (κ1) is 16.9. The van der Waals surface area contributed by atoms with E-state index in [9.17, 15) is 4.79 Å². The first-order chi connectivity index (χ1) is 12.6. The Labute approximate surface area is 160 Å². The van der Waals surface area contributed by atoms with E-state index in [0.717, 1.165) is 33.8 Å². The van der Waals surface area contributed by atoms with E-state index < -0.39 is 0 Å². The third-order valence-corrected chi connectivity index (χ3v) is 5.10. The highest BCUT2D eigenvalue weighted by Gasteiger charge is 2.14. The highest BCUT2D eigenvalue weighted by Crippen LogP contribution is 2.32. The summed E-state index contributed by atoms with van der Waals surface area (Å²) >= 11 is 12.5. The van der Waals surface area contributed by atoms with Crippen molar-refractivity contribution >= 4 is 57.2 Å². The first-order valence-electron chi connectivity index (χ1n) is 8.07. The molecule has 0 N–H and O–H groups in total. The molecular weight excluding hydrogens is 369 g/mol. The molecule has 0 spiro atoms. The molecule has 4 nitrogen and oxygen atoms in total. The molecule has 2 heterocycles. The molecule has 2 aromatic heterocycles. The molecular formula is C20H15Cl2N3O. The number of hydrogen-bond donors (Lipinski definition) is 0. The van der Waals surface area contributed by atoms with Crippen LogP contribution < -0.4 is 4.90 Å². The minimum atomic E-state index is 0.577. The van der Waals surface area contributed by atoms with Gasteiger partial charge in [0, 0.05) is 39.9 Å². The first-order valence-corrected chi connectivity index (χ1v) is 8.83. The number of halogens is 2. The van der Waals surface area contributed by atoms with E-state index in [1.807, 2.05) is 30.3 Å². The van der Waals surface area contributed by atoms with Gasteiger partial charge in [-0.3, -0.25) is 4.79 Å². The number of pyridine rings is 1. The Morgan fingerprint density at radius 2 is 1.88 bits per heavy atom. The van der Waals surface area contributed by atoms with Gasteiger partial charge in [-0.2, -0.15) is 0 Å². The van der Waals surface area contributed by atoms with Gasteiger partial charge in [0.15, 0.2) is 0 Å². The number of carbonyl (C=O) groups excluding carboxylic acids is 1. The molecule has 0 bridgehead atoms. The van der Waals surface area contributed by atoms with E-state index in [1.54, 1.807) is 19.3 Å². The molecule has 26 heavy (non-hydrogen) atoms. The molecule has 0 aliphatic carbocycles. The van der Waals surface area contributed by atoms with Crippen LogP contribution >= 0.6 is 23.2 Å². The second-order valence-corrected chi connectivity index (χ2v) is 6.96. The van der Waals surface area contributed by atoms with Gasteiger partial charge in [-0.05, 0) is 35.9 Å². The van der Waals surface area contributed by atoms with E-state index >= 15 is 0 Å². The lowest BCUT2D eigenvalue weighted by Gasteiger charge is -2.11. The number of rotatable bonds is 4. The Hall–Kier alpha value is -2.56. The van der Waals surface area contributed by atoms with Crippen LogP contribution in [0.3, 0.4) is 0 Å². The number of carbonyl (C=O) groups is 1. The minimum Gasteiger partial charge on any atom is -0.335 e. The zero-order chi connectivity index (χ0) is 18.3. The van der Waals surface area contributed by atoms with Crippen LogP contribution in [0.25, 0.3) is 21.8 Å². The maximum atomic E-state index is 11.1.